The predicted molar refractivity (Wildman–Crippen MR) is 110 cm³/mol. The van der Waals surface area contributed by atoms with Gasteiger partial charge in [0, 0.05) is 56.8 Å². The van der Waals surface area contributed by atoms with Crippen molar-refractivity contribution in [2.24, 2.45) is 0 Å². The highest BCUT2D eigenvalue weighted by molar-refractivity contribution is 5.92. The first kappa shape index (κ1) is 19.4. The summed E-state index contributed by atoms with van der Waals surface area (Å²) in [6.07, 6.45) is 4.10. The van der Waals surface area contributed by atoms with Crippen LogP contribution in [0.15, 0.2) is 28.8 Å². The van der Waals surface area contributed by atoms with Crippen LogP contribution >= 0.6 is 0 Å². The number of carbonyl (C=O) groups is 1. The number of ether oxygens (including phenoxy) is 2. The third-order valence-corrected chi connectivity index (χ3v) is 6.07. The molecule has 2 aliphatic heterocycles. The molecule has 30 heavy (non-hydrogen) atoms. The van der Waals surface area contributed by atoms with E-state index < -0.39 is 5.79 Å². The number of hydrogen-bond acceptors (Lipinski definition) is 7. The van der Waals surface area contributed by atoms with Gasteiger partial charge in [-0.2, -0.15) is 0 Å². The molecule has 3 aliphatic rings. The normalized spacial score (nSPS) is 20.7. The summed E-state index contributed by atoms with van der Waals surface area (Å²) in [5.74, 6) is 1.90. The number of nitrogens with zero attached hydrogens (tertiary/aromatic N) is 3. The van der Waals surface area contributed by atoms with Crippen molar-refractivity contribution in [3.8, 4) is 11.5 Å². The molecular weight excluding hydrogens is 384 g/mol. The quantitative estimate of drug-likeness (QED) is 0.809. The van der Waals surface area contributed by atoms with Crippen LogP contribution < -0.4 is 14.8 Å². The smallest absolute Gasteiger partial charge is 0.251 e. The summed E-state index contributed by atoms with van der Waals surface area (Å²) in [4.78, 5) is 17.0. The van der Waals surface area contributed by atoms with Gasteiger partial charge >= 0.3 is 0 Å². The van der Waals surface area contributed by atoms with E-state index in [1.807, 2.05) is 31.2 Å². The van der Waals surface area contributed by atoms with Crippen LogP contribution in [0.1, 0.15) is 37.1 Å². The van der Waals surface area contributed by atoms with Crippen molar-refractivity contribution in [3.63, 3.8) is 0 Å². The minimum Gasteiger partial charge on any atom is -0.448 e. The second kappa shape index (κ2) is 7.92. The number of benzene rings is 1. The van der Waals surface area contributed by atoms with Gasteiger partial charge in [0.2, 0.25) is 5.91 Å². The van der Waals surface area contributed by atoms with Gasteiger partial charge in [-0.05, 0) is 31.9 Å². The predicted octanol–water partition coefficient (Wildman–Crippen LogP) is 2.78. The summed E-state index contributed by atoms with van der Waals surface area (Å²) < 4.78 is 17.4. The lowest BCUT2D eigenvalue weighted by Crippen LogP contribution is -2.48. The van der Waals surface area contributed by atoms with Crippen molar-refractivity contribution in [3.05, 3.63) is 35.7 Å². The van der Waals surface area contributed by atoms with Crippen molar-refractivity contribution in [2.75, 3.05) is 38.0 Å². The number of anilines is 1. The molecule has 1 aromatic heterocycles. The zero-order valence-electron chi connectivity index (χ0n) is 17.4. The van der Waals surface area contributed by atoms with Gasteiger partial charge in [0.15, 0.2) is 17.3 Å². The van der Waals surface area contributed by atoms with E-state index in [9.17, 15) is 4.79 Å². The molecule has 1 saturated heterocycles. The Labute approximate surface area is 176 Å². The number of aryl methyl sites for hydroxylation is 1. The molecule has 5 rings (SSSR count). The number of amides is 1. The molecule has 8 heteroatoms. The van der Waals surface area contributed by atoms with E-state index in [0.29, 0.717) is 6.54 Å². The lowest BCUT2D eigenvalue weighted by molar-refractivity contribution is -0.117. The standard InChI is InChI=1S/C22H28N4O4/c1-16-12-18(30-24-16)14-25-8-10-26(11-9-25)15-21(27)23-17-4-5-19-20(13-17)29-22(28-19)6-2-3-7-22/h4-5,12-13H,2-3,6-11,14-15H2,1H3,(H,23,27). The van der Waals surface area contributed by atoms with Gasteiger partial charge in [-0.3, -0.25) is 14.6 Å². The number of nitrogens with one attached hydrogen (secondary N) is 1. The van der Waals surface area contributed by atoms with E-state index in [-0.39, 0.29) is 5.91 Å². The molecule has 0 unspecified atom stereocenters. The van der Waals surface area contributed by atoms with Crippen molar-refractivity contribution in [1.82, 2.24) is 15.0 Å². The van der Waals surface area contributed by atoms with E-state index in [0.717, 1.165) is 87.0 Å². The summed E-state index contributed by atoms with van der Waals surface area (Å²) >= 11 is 0. The van der Waals surface area contributed by atoms with Crippen LogP contribution in [-0.4, -0.2) is 59.4 Å². The summed E-state index contributed by atoms with van der Waals surface area (Å²) in [6.45, 7) is 6.58. The molecule has 3 heterocycles. The molecule has 2 fully saturated rings. The molecule has 1 spiro atoms. The molecular formula is C22H28N4O4. The Kier molecular flexibility index (Phi) is 5.12. The minimum absolute atomic E-state index is 0.0104. The van der Waals surface area contributed by atoms with Crippen molar-refractivity contribution in [2.45, 2.75) is 44.9 Å². The van der Waals surface area contributed by atoms with Gasteiger partial charge in [-0.1, -0.05) is 5.16 Å². The van der Waals surface area contributed by atoms with Gasteiger partial charge in [0.1, 0.15) is 0 Å². The average Bonchev–Trinajstić information content (AvgIpc) is 3.43. The topological polar surface area (TPSA) is 80.1 Å². The van der Waals surface area contributed by atoms with Crippen LogP contribution in [0.3, 0.4) is 0 Å². The lowest BCUT2D eigenvalue weighted by atomic mass is 10.2. The summed E-state index contributed by atoms with van der Waals surface area (Å²) in [5, 5.41) is 6.94. The highest BCUT2D eigenvalue weighted by atomic mass is 16.7. The molecule has 2 aromatic rings. The Balaban J connectivity index is 1.10. The van der Waals surface area contributed by atoms with Gasteiger partial charge in [0.25, 0.3) is 5.79 Å². The Morgan fingerprint density at radius 1 is 1.07 bits per heavy atom. The van der Waals surface area contributed by atoms with Gasteiger partial charge < -0.3 is 19.3 Å². The molecule has 160 valence electrons. The largest absolute Gasteiger partial charge is 0.448 e. The van der Waals surface area contributed by atoms with Gasteiger partial charge in [0.05, 0.1) is 18.8 Å². The fraction of sp³-hybridized carbons (Fsp3) is 0.545. The number of carbonyl (C=O) groups excluding carboxylic acids is 1. The van der Waals surface area contributed by atoms with Gasteiger partial charge in [-0.15, -0.1) is 0 Å². The van der Waals surface area contributed by atoms with Crippen LogP contribution in [0.4, 0.5) is 5.69 Å². The van der Waals surface area contributed by atoms with Crippen LogP contribution in [-0.2, 0) is 11.3 Å². The Morgan fingerprint density at radius 3 is 2.53 bits per heavy atom. The molecule has 1 amide bonds. The first-order valence-corrected chi connectivity index (χ1v) is 10.8. The number of hydrogen-bond donors (Lipinski definition) is 1. The average molecular weight is 412 g/mol. The Bertz CT molecular complexity index is 914. The second-order valence-electron chi connectivity index (χ2n) is 8.52. The second-order valence-corrected chi connectivity index (χ2v) is 8.52. The molecule has 1 aromatic carbocycles. The highest BCUT2D eigenvalue weighted by Crippen LogP contribution is 2.47. The molecule has 1 N–H and O–H groups in total. The van der Waals surface area contributed by atoms with Crippen molar-refractivity contribution >= 4 is 11.6 Å². The first-order chi connectivity index (χ1) is 14.6. The fourth-order valence-corrected chi connectivity index (χ4v) is 4.51. The number of rotatable bonds is 5. The van der Waals surface area contributed by atoms with E-state index in [4.69, 9.17) is 14.0 Å². The van der Waals surface area contributed by atoms with E-state index in [2.05, 4.69) is 20.3 Å². The summed E-state index contributed by atoms with van der Waals surface area (Å²) in [6, 6.07) is 7.62. The van der Waals surface area contributed by atoms with E-state index in [1.165, 1.54) is 0 Å². The molecule has 0 radical (unpaired) electrons. The van der Waals surface area contributed by atoms with Crippen LogP contribution in [0, 0.1) is 6.92 Å². The molecule has 8 nitrogen and oxygen atoms in total. The zero-order valence-corrected chi connectivity index (χ0v) is 17.4. The maximum Gasteiger partial charge on any atom is 0.251 e. The SMILES string of the molecule is Cc1cc(CN2CCN(CC(=O)Nc3ccc4c(c3)OC3(CCCC3)O4)CC2)on1. The van der Waals surface area contributed by atoms with Crippen LogP contribution in [0.2, 0.25) is 0 Å². The Hall–Kier alpha value is -2.58. The van der Waals surface area contributed by atoms with Gasteiger partial charge in [-0.25, -0.2) is 0 Å². The molecule has 1 saturated carbocycles. The summed E-state index contributed by atoms with van der Waals surface area (Å²) in [7, 11) is 0. The molecule has 0 atom stereocenters. The fourth-order valence-electron chi connectivity index (χ4n) is 4.51. The third-order valence-electron chi connectivity index (χ3n) is 6.07. The Morgan fingerprint density at radius 2 is 1.80 bits per heavy atom. The maximum atomic E-state index is 12.5. The molecule has 0 bridgehead atoms. The number of aromatic nitrogens is 1. The number of fused-ring (bicyclic) bond motifs is 1. The van der Waals surface area contributed by atoms with Crippen LogP contribution in [0.25, 0.3) is 0 Å². The van der Waals surface area contributed by atoms with Crippen LogP contribution in [0.5, 0.6) is 11.5 Å². The zero-order chi connectivity index (χ0) is 20.6. The lowest BCUT2D eigenvalue weighted by Gasteiger charge is -2.33. The van der Waals surface area contributed by atoms with E-state index >= 15 is 0 Å². The maximum absolute atomic E-state index is 12.5. The van der Waals surface area contributed by atoms with E-state index in [1.54, 1.807) is 0 Å². The third kappa shape index (κ3) is 4.15. The molecule has 1 aliphatic carbocycles. The van der Waals surface area contributed by atoms with Crippen molar-refractivity contribution in [1.29, 1.82) is 0 Å². The monoisotopic (exact) mass is 412 g/mol. The highest BCUT2D eigenvalue weighted by Gasteiger charge is 2.44. The minimum atomic E-state index is -0.477. The summed E-state index contributed by atoms with van der Waals surface area (Å²) in [5.41, 5.74) is 1.65. The van der Waals surface area contributed by atoms with Crippen molar-refractivity contribution < 1.29 is 18.8 Å². The number of piperazine rings is 1. The first-order valence-electron chi connectivity index (χ1n) is 10.8.